The van der Waals surface area contributed by atoms with E-state index in [0.717, 1.165) is 57.8 Å². The molecule has 0 aromatic carbocycles. The molecule has 0 radical (unpaired) electrons. The summed E-state index contributed by atoms with van der Waals surface area (Å²) in [5, 5.41) is 9.24. The molecular weight excluding hydrogens is 284 g/mol. The highest BCUT2D eigenvalue weighted by Crippen LogP contribution is 2.13. The smallest absolute Gasteiger partial charge is 0.320 e. The third-order valence-corrected chi connectivity index (χ3v) is 4.37. The molecule has 7 nitrogen and oxygen atoms in total. The minimum atomic E-state index is -0.364. The average Bonchev–Trinajstić information content (AvgIpc) is 3.05. The number of urea groups is 1. The van der Waals surface area contributed by atoms with Crippen LogP contribution < -0.4 is 5.43 Å². The van der Waals surface area contributed by atoms with E-state index in [1.165, 1.54) is 12.3 Å². The Bertz CT molecular complexity index is 587. The van der Waals surface area contributed by atoms with Crippen molar-refractivity contribution in [1.29, 1.82) is 0 Å². The maximum absolute atomic E-state index is 12.3. The summed E-state index contributed by atoms with van der Waals surface area (Å²) >= 11 is 0. The first kappa shape index (κ1) is 14.9. The summed E-state index contributed by atoms with van der Waals surface area (Å²) in [5.41, 5.74) is 0.415. The average molecular weight is 306 g/mol. The molecule has 1 aromatic rings. The van der Waals surface area contributed by atoms with Gasteiger partial charge in [-0.3, -0.25) is 9.69 Å². The van der Waals surface area contributed by atoms with Crippen molar-refractivity contribution in [1.82, 2.24) is 19.7 Å². The lowest BCUT2D eigenvalue weighted by atomic mass is 10.2. The summed E-state index contributed by atoms with van der Waals surface area (Å²) in [6.07, 6.45) is 3.55. The van der Waals surface area contributed by atoms with E-state index in [-0.39, 0.29) is 17.2 Å². The van der Waals surface area contributed by atoms with Crippen LogP contribution in [0.5, 0.6) is 5.75 Å². The number of aromatic nitrogens is 1. The highest BCUT2D eigenvalue weighted by molar-refractivity contribution is 5.74. The van der Waals surface area contributed by atoms with Gasteiger partial charge in [0, 0.05) is 63.8 Å². The molecule has 2 aliphatic rings. The molecule has 0 saturated carbocycles. The number of carbonyl (C=O) groups is 1. The summed E-state index contributed by atoms with van der Waals surface area (Å²) in [4.78, 5) is 32.7. The number of pyridine rings is 1. The number of rotatable bonds is 2. The lowest BCUT2D eigenvalue weighted by Crippen LogP contribution is -2.52. The minimum Gasteiger partial charge on any atom is -0.503 e. The molecule has 0 unspecified atom stereocenters. The van der Waals surface area contributed by atoms with Gasteiger partial charge >= 0.3 is 6.03 Å². The summed E-state index contributed by atoms with van der Waals surface area (Å²) in [7, 11) is 0. The molecule has 3 heterocycles. The Morgan fingerprint density at radius 3 is 2.36 bits per heavy atom. The van der Waals surface area contributed by atoms with Gasteiger partial charge in [-0.15, -0.1) is 0 Å². The van der Waals surface area contributed by atoms with Crippen LogP contribution in [0.3, 0.4) is 0 Å². The normalized spacial score (nSPS) is 19.6. The second kappa shape index (κ2) is 6.39. The fraction of sp³-hybridized carbons (Fsp3) is 0.600. The van der Waals surface area contributed by atoms with Crippen molar-refractivity contribution in [2.45, 2.75) is 19.4 Å². The molecule has 0 spiro atoms. The molecule has 3 rings (SSSR count). The van der Waals surface area contributed by atoms with Gasteiger partial charge in [0.2, 0.25) is 5.43 Å². The van der Waals surface area contributed by atoms with Gasteiger partial charge in [-0.05, 0) is 12.8 Å². The van der Waals surface area contributed by atoms with Crippen molar-refractivity contribution in [3.63, 3.8) is 0 Å². The number of piperazine rings is 1. The van der Waals surface area contributed by atoms with Crippen LogP contribution in [0.4, 0.5) is 4.79 Å². The van der Waals surface area contributed by atoms with Gasteiger partial charge in [0.1, 0.15) is 0 Å². The van der Waals surface area contributed by atoms with Gasteiger partial charge < -0.3 is 19.9 Å². The van der Waals surface area contributed by atoms with Crippen molar-refractivity contribution in [3.8, 4) is 5.75 Å². The van der Waals surface area contributed by atoms with E-state index in [4.69, 9.17) is 0 Å². The van der Waals surface area contributed by atoms with E-state index in [9.17, 15) is 14.7 Å². The molecule has 120 valence electrons. The van der Waals surface area contributed by atoms with Crippen molar-refractivity contribution < 1.29 is 9.90 Å². The largest absolute Gasteiger partial charge is 0.503 e. The third-order valence-electron chi connectivity index (χ3n) is 4.37. The van der Waals surface area contributed by atoms with E-state index in [1.807, 2.05) is 9.80 Å². The molecule has 0 aliphatic carbocycles. The molecule has 2 aliphatic heterocycles. The highest BCUT2D eigenvalue weighted by atomic mass is 16.3. The fourth-order valence-electron chi connectivity index (χ4n) is 3.04. The Hall–Kier alpha value is -2.02. The number of aromatic amines is 1. The van der Waals surface area contributed by atoms with Gasteiger partial charge in [-0.2, -0.15) is 0 Å². The first-order valence-corrected chi connectivity index (χ1v) is 7.80. The van der Waals surface area contributed by atoms with Crippen LogP contribution in [-0.2, 0) is 6.54 Å². The van der Waals surface area contributed by atoms with E-state index in [1.54, 1.807) is 0 Å². The maximum Gasteiger partial charge on any atom is 0.320 e. The Kier molecular flexibility index (Phi) is 4.33. The topological polar surface area (TPSA) is 79.9 Å². The Morgan fingerprint density at radius 2 is 1.73 bits per heavy atom. The summed E-state index contributed by atoms with van der Waals surface area (Å²) in [6.45, 7) is 5.42. The molecule has 22 heavy (non-hydrogen) atoms. The summed E-state index contributed by atoms with van der Waals surface area (Å²) < 4.78 is 0. The van der Waals surface area contributed by atoms with Gasteiger partial charge in [-0.25, -0.2) is 4.79 Å². The minimum absolute atomic E-state index is 0.162. The molecule has 2 amide bonds. The van der Waals surface area contributed by atoms with E-state index < -0.39 is 0 Å². The van der Waals surface area contributed by atoms with Crippen LogP contribution in [-0.4, -0.2) is 70.1 Å². The SMILES string of the molecule is O=C(N1CCCC1)N1CCN(Cc2cc(=O)c(O)c[nH]2)CC1. The molecule has 2 N–H and O–H groups in total. The number of hydrogen-bond acceptors (Lipinski definition) is 4. The van der Waals surface area contributed by atoms with Crippen LogP contribution >= 0.6 is 0 Å². The monoisotopic (exact) mass is 306 g/mol. The zero-order chi connectivity index (χ0) is 15.5. The second-order valence-electron chi connectivity index (χ2n) is 5.95. The van der Waals surface area contributed by atoms with Gasteiger partial charge in [0.05, 0.1) is 0 Å². The predicted molar refractivity (Wildman–Crippen MR) is 81.8 cm³/mol. The van der Waals surface area contributed by atoms with E-state index in [0.29, 0.717) is 6.54 Å². The standard InChI is InChI=1S/C15H22N4O3/c20-13-9-12(16-10-14(13)21)11-17-5-7-19(8-6-17)15(22)18-3-1-2-4-18/h9-10,21H,1-8,11H2,(H,16,20). The molecule has 7 heteroatoms. The first-order valence-electron chi connectivity index (χ1n) is 7.80. The van der Waals surface area contributed by atoms with Crippen LogP contribution in [0, 0.1) is 0 Å². The quantitative estimate of drug-likeness (QED) is 0.829. The lowest BCUT2D eigenvalue weighted by Gasteiger charge is -2.36. The number of nitrogens with one attached hydrogen (secondary N) is 1. The lowest BCUT2D eigenvalue weighted by molar-refractivity contribution is 0.114. The molecule has 1 aromatic heterocycles. The zero-order valence-corrected chi connectivity index (χ0v) is 12.6. The molecule has 2 saturated heterocycles. The van der Waals surface area contributed by atoms with Crippen LogP contribution in [0.1, 0.15) is 18.5 Å². The number of carbonyl (C=O) groups excluding carboxylic acids is 1. The van der Waals surface area contributed by atoms with Crippen molar-refractivity contribution in [2.24, 2.45) is 0 Å². The molecular formula is C15H22N4O3. The van der Waals surface area contributed by atoms with Gasteiger partial charge in [0.25, 0.3) is 0 Å². The van der Waals surface area contributed by atoms with Gasteiger partial charge in [-0.1, -0.05) is 0 Å². The maximum atomic E-state index is 12.3. The number of amides is 2. The molecule has 0 bridgehead atoms. The third kappa shape index (κ3) is 3.24. The zero-order valence-electron chi connectivity index (χ0n) is 12.6. The van der Waals surface area contributed by atoms with Crippen LogP contribution in [0.15, 0.2) is 17.1 Å². The summed E-state index contributed by atoms with van der Waals surface area (Å²) in [5.74, 6) is -0.259. The van der Waals surface area contributed by atoms with Crippen molar-refractivity contribution in [3.05, 3.63) is 28.2 Å². The van der Waals surface area contributed by atoms with Crippen molar-refractivity contribution in [2.75, 3.05) is 39.3 Å². The van der Waals surface area contributed by atoms with Crippen molar-refractivity contribution >= 4 is 6.03 Å². The van der Waals surface area contributed by atoms with Crippen LogP contribution in [0.25, 0.3) is 0 Å². The van der Waals surface area contributed by atoms with E-state index in [2.05, 4.69) is 9.88 Å². The van der Waals surface area contributed by atoms with E-state index >= 15 is 0 Å². The Balaban J connectivity index is 1.52. The van der Waals surface area contributed by atoms with Crippen LogP contribution in [0.2, 0.25) is 0 Å². The number of likely N-dealkylation sites (tertiary alicyclic amines) is 1. The highest BCUT2D eigenvalue weighted by Gasteiger charge is 2.26. The molecule has 0 atom stereocenters. The number of H-pyrrole nitrogens is 1. The fourth-order valence-corrected chi connectivity index (χ4v) is 3.04. The Labute approximate surface area is 129 Å². The van der Waals surface area contributed by atoms with Gasteiger partial charge in [0.15, 0.2) is 5.75 Å². The molecule has 2 fully saturated rings. The summed E-state index contributed by atoms with van der Waals surface area (Å²) in [6, 6.07) is 1.59. The number of aromatic hydroxyl groups is 1. The second-order valence-corrected chi connectivity index (χ2v) is 5.95. The number of hydrogen-bond donors (Lipinski definition) is 2. The number of nitrogens with zero attached hydrogens (tertiary/aromatic N) is 3. The predicted octanol–water partition coefficient (Wildman–Crippen LogP) is 0.414. The Morgan fingerprint density at radius 1 is 1.09 bits per heavy atom. The first-order chi connectivity index (χ1) is 10.6.